The van der Waals surface area contributed by atoms with Crippen LogP contribution in [0.3, 0.4) is 0 Å². The van der Waals surface area contributed by atoms with E-state index in [0.29, 0.717) is 19.0 Å². The molecule has 0 heterocycles. The fourth-order valence-electron chi connectivity index (χ4n) is 3.29. The van der Waals surface area contributed by atoms with Gasteiger partial charge in [0.2, 0.25) is 5.91 Å². The van der Waals surface area contributed by atoms with Gasteiger partial charge in [0.15, 0.2) is 26.4 Å². The summed E-state index contributed by atoms with van der Waals surface area (Å²) < 4.78 is 38.9. The summed E-state index contributed by atoms with van der Waals surface area (Å²) in [5.41, 5.74) is 0. The van der Waals surface area contributed by atoms with Crippen molar-refractivity contribution in [3.8, 4) is 0 Å². The van der Waals surface area contributed by atoms with Gasteiger partial charge in [0.05, 0.1) is 0 Å². The molecular weight excluding hydrogens is 527 g/mol. The van der Waals surface area contributed by atoms with Crippen LogP contribution in [-0.4, -0.2) is 74.8 Å². The van der Waals surface area contributed by atoms with Crippen LogP contribution in [0.5, 0.6) is 0 Å². The third-order valence-corrected chi connectivity index (χ3v) is 25.3. The fraction of sp³-hybridized carbons (Fsp3) is 0.824. The van der Waals surface area contributed by atoms with Crippen LogP contribution in [0.25, 0.3) is 0 Å². The van der Waals surface area contributed by atoms with E-state index in [2.05, 4.69) is 70.8 Å². The summed E-state index contributed by atoms with van der Waals surface area (Å²) in [6, 6.07) is 0.580. The number of amides is 1. The molecule has 0 aliphatic rings. The molecule has 190 valence electrons. The number of nitrogens with one attached hydrogen (secondary N) is 1. The molecule has 0 aromatic heterocycles. The highest BCUT2D eigenvalue weighted by molar-refractivity contribution is 6.87. The van der Waals surface area contributed by atoms with Crippen molar-refractivity contribution >= 4 is 68.2 Å². The van der Waals surface area contributed by atoms with Gasteiger partial charge in [0.25, 0.3) is 18.6 Å². The van der Waals surface area contributed by atoms with Gasteiger partial charge in [-0.05, 0) is 84.5 Å². The summed E-state index contributed by atoms with van der Waals surface area (Å²) in [4.78, 5) is 11.6. The molecule has 0 aliphatic carbocycles. The normalized spacial score (nSPS) is 16.7. The zero-order chi connectivity index (χ0) is 25.2. The molecule has 0 saturated carbocycles. The Balaban J connectivity index is 5.85. The van der Waals surface area contributed by atoms with Crippen LogP contribution >= 0.6 is 0 Å². The van der Waals surface area contributed by atoms with Crippen LogP contribution in [0.1, 0.15) is 6.42 Å². The minimum atomic E-state index is -3.17. The predicted octanol–water partition coefficient (Wildman–Crippen LogP) is 2.92. The molecule has 1 amide bonds. The zero-order valence-electron chi connectivity index (χ0n) is 22.1. The van der Waals surface area contributed by atoms with Crippen molar-refractivity contribution in [3.63, 3.8) is 0 Å². The molecular formula is C17H47NO7Si7. The Kier molecular flexibility index (Phi) is 15.0. The molecule has 2 atom stereocenters. The van der Waals surface area contributed by atoms with E-state index in [-0.39, 0.29) is 5.91 Å². The summed E-state index contributed by atoms with van der Waals surface area (Å²) >= 11 is 0. The first-order valence-electron chi connectivity index (χ1n) is 11.5. The smallest absolute Gasteiger partial charge is 0.442 e. The lowest BCUT2D eigenvalue weighted by Gasteiger charge is -2.41. The molecule has 8 nitrogen and oxygen atoms in total. The highest BCUT2D eigenvalue weighted by atomic mass is 28.5. The SMILES string of the molecule is C=CC(=O)NCCC[Si](O[SiH](C)O[SiH](C)C)(O[SiH](C)O[SiH](C)C)O[Si](C)(C)O[Si](C)(C)C. The number of carbonyl (C=O) groups excluding carboxylic acids is 1. The maximum Gasteiger partial charge on any atom is 0.473 e. The molecule has 0 bridgehead atoms. The first-order valence-corrected chi connectivity index (χ1v) is 29.4. The van der Waals surface area contributed by atoms with Crippen molar-refractivity contribution in [1.82, 2.24) is 5.32 Å². The lowest BCUT2D eigenvalue weighted by Crippen LogP contribution is -2.61. The Morgan fingerprint density at radius 1 is 0.875 bits per heavy atom. The maximum atomic E-state index is 11.6. The van der Waals surface area contributed by atoms with E-state index in [4.69, 9.17) is 24.7 Å². The second kappa shape index (κ2) is 14.8. The van der Waals surface area contributed by atoms with Crippen LogP contribution in [0.4, 0.5) is 0 Å². The van der Waals surface area contributed by atoms with Gasteiger partial charge in [-0.2, -0.15) is 0 Å². The average molecular weight is 574 g/mol. The molecule has 0 aromatic carbocycles. The fourth-order valence-corrected chi connectivity index (χ4v) is 28.3. The molecule has 0 aliphatic heterocycles. The second-order valence-corrected chi connectivity index (χ2v) is 30.8. The Bertz CT molecular complexity index is 558. The van der Waals surface area contributed by atoms with Crippen molar-refractivity contribution < 1.29 is 29.5 Å². The highest BCUT2D eigenvalue weighted by Gasteiger charge is 2.50. The third kappa shape index (κ3) is 16.2. The number of carbonyl (C=O) groups is 1. The molecule has 0 saturated heterocycles. The molecule has 0 aromatic rings. The summed E-state index contributed by atoms with van der Waals surface area (Å²) in [7, 11) is -14.0. The van der Waals surface area contributed by atoms with E-state index in [1.165, 1.54) is 6.08 Å². The Hall–Kier alpha value is 0.488. The lowest BCUT2D eigenvalue weighted by atomic mass is 10.4. The average Bonchev–Trinajstić information content (AvgIpc) is 2.53. The standard InChI is InChI=1S/C17H47NO7Si7/c1-13-17(19)18-15-14-16-32(22-28(6)20-26(2)3,23-29(7)21-27(4)5)25-31(11,12)24-30(8,9)10/h13,26-29H,1,14-16H2,2-12H3,(H,18,19). The second-order valence-electron chi connectivity index (χ2n) is 9.74. The van der Waals surface area contributed by atoms with E-state index in [1.54, 1.807) is 0 Å². The first kappa shape index (κ1) is 32.5. The van der Waals surface area contributed by atoms with Gasteiger partial charge < -0.3 is 30.0 Å². The molecule has 2 unspecified atom stereocenters. The molecule has 0 spiro atoms. The van der Waals surface area contributed by atoms with Gasteiger partial charge in [0, 0.05) is 12.6 Å². The molecule has 1 N–H and O–H groups in total. The Morgan fingerprint density at radius 3 is 1.72 bits per heavy atom. The highest BCUT2D eigenvalue weighted by Crippen LogP contribution is 2.28. The third-order valence-electron chi connectivity index (χ3n) is 3.72. The van der Waals surface area contributed by atoms with Crippen LogP contribution in [0, 0.1) is 0 Å². The van der Waals surface area contributed by atoms with Crippen LogP contribution in [0.2, 0.25) is 78.1 Å². The van der Waals surface area contributed by atoms with E-state index < -0.39 is 62.3 Å². The Labute approximate surface area is 206 Å². The summed E-state index contributed by atoms with van der Waals surface area (Å²) in [6.45, 7) is 27.3. The summed E-state index contributed by atoms with van der Waals surface area (Å²) in [6.07, 6.45) is 1.95. The quantitative estimate of drug-likeness (QED) is 0.163. The van der Waals surface area contributed by atoms with Crippen molar-refractivity contribution in [2.45, 2.75) is 84.5 Å². The first-order chi connectivity index (χ1) is 14.5. The van der Waals surface area contributed by atoms with E-state index in [0.717, 1.165) is 0 Å². The minimum absolute atomic E-state index is 0.189. The maximum absolute atomic E-state index is 11.6. The molecule has 32 heavy (non-hydrogen) atoms. The number of hydrogen-bond acceptors (Lipinski definition) is 7. The van der Waals surface area contributed by atoms with Gasteiger partial charge in [0.1, 0.15) is 0 Å². The monoisotopic (exact) mass is 573 g/mol. The van der Waals surface area contributed by atoms with Gasteiger partial charge >= 0.3 is 17.4 Å². The minimum Gasteiger partial charge on any atom is -0.442 e. The van der Waals surface area contributed by atoms with Crippen molar-refractivity contribution in [1.29, 1.82) is 0 Å². The van der Waals surface area contributed by atoms with Gasteiger partial charge in [-0.3, -0.25) is 4.79 Å². The summed E-state index contributed by atoms with van der Waals surface area (Å²) in [5.74, 6) is -0.189. The van der Waals surface area contributed by atoms with E-state index in [1.807, 2.05) is 13.1 Å². The van der Waals surface area contributed by atoms with Crippen LogP contribution < -0.4 is 5.32 Å². The lowest BCUT2D eigenvalue weighted by molar-refractivity contribution is -0.116. The summed E-state index contributed by atoms with van der Waals surface area (Å²) in [5, 5.41) is 2.84. The van der Waals surface area contributed by atoms with Gasteiger partial charge in [-0.1, -0.05) is 6.58 Å². The number of hydrogen-bond donors (Lipinski definition) is 1. The van der Waals surface area contributed by atoms with Crippen molar-refractivity contribution in [2.24, 2.45) is 0 Å². The molecule has 0 fully saturated rings. The van der Waals surface area contributed by atoms with E-state index in [9.17, 15) is 4.79 Å². The molecule has 0 radical (unpaired) electrons. The van der Waals surface area contributed by atoms with Gasteiger partial charge in [-0.15, -0.1) is 0 Å². The van der Waals surface area contributed by atoms with Crippen molar-refractivity contribution in [3.05, 3.63) is 12.7 Å². The van der Waals surface area contributed by atoms with Crippen LogP contribution in [-0.2, 0) is 29.5 Å². The topological polar surface area (TPSA) is 84.5 Å². The molecule has 0 rings (SSSR count). The van der Waals surface area contributed by atoms with Crippen LogP contribution in [0.15, 0.2) is 12.7 Å². The largest absolute Gasteiger partial charge is 0.473 e. The zero-order valence-corrected chi connectivity index (χ0v) is 29.7. The van der Waals surface area contributed by atoms with E-state index >= 15 is 0 Å². The predicted molar refractivity (Wildman–Crippen MR) is 150 cm³/mol. The number of rotatable bonds is 17. The Morgan fingerprint density at radius 2 is 1.34 bits per heavy atom. The van der Waals surface area contributed by atoms with Gasteiger partial charge in [-0.25, -0.2) is 0 Å². The van der Waals surface area contributed by atoms with Crippen molar-refractivity contribution in [2.75, 3.05) is 6.54 Å². The molecule has 15 heteroatoms.